The highest BCUT2D eigenvalue weighted by Gasteiger charge is 2.12. The Hall–Kier alpha value is -1.42. The first-order valence-electron chi connectivity index (χ1n) is 5.94. The summed E-state index contributed by atoms with van der Waals surface area (Å²) in [5.74, 6) is -0.844. The van der Waals surface area contributed by atoms with Crippen LogP contribution >= 0.6 is 15.9 Å². The first-order valence-corrected chi connectivity index (χ1v) is 6.73. The van der Waals surface area contributed by atoms with Crippen molar-refractivity contribution in [3.05, 3.63) is 63.6 Å². The minimum atomic E-state index is -0.435. The third-order valence-electron chi connectivity index (χ3n) is 2.85. The summed E-state index contributed by atoms with van der Waals surface area (Å²) in [5.41, 5.74) is 2.27. The molecule has 0 saturated carbocycles. The molecule has 2 aromatic rings. The van der Waals surface area contributed by atoms with E-state index >= 15 is 0 Å². The van der Waals surface area contributed by atoms with Crippen LogP contribution in [0, 0.1) is 18.6 Å². The van der Waals surface area contributed by atoms with Gasteiger partial charge in [0.25, 0.3) is 0 Å². The third kappa shape index (κ3) is 3.53. The second-order valence-electron chi connectivity index (χ2n) is 4.55. The Morgan fingerprint density at radius 1 is 1.11 bits per heavy atom. The van der Waals surface area contributed by atoms with Crippen molar-refractivity contribution in [2.75, 3.05) is 5.32 Å². The zero-order valence-electron chi connectivity index (χ0n) is 10.7. The van der Waals surface area contributed by atoms with Crippen LogP contribution in [-0.4, -0.2) is 0 Å². The number of halogens is 3. The van der Waals surface area contributed by atoms with Crippen molar-refractivity contribution in [2.45, 2.75) is 19.9 Å². The van der Waals surface area contributed by atoms with E-state index in [1.54, 1.807) is 6.92 Å². The summed E-state index contributed by atoms with van der Waals surface area (Å²) in [6, 6.07) is 9.02. The molecule has 2 aromatic carbocycles. The van der Waals surface area contributed by atoms with Crippen molar-refractivity contribution in [1.82, 2.24) is 0 Å². The van der Waals surface area contributed by atoms with E-state index in [2.05, 4.69) is 21.2 Å². The van der Waals surface area contributed by atoms with Gasteiger partial charge in [0.05, 0.1) is 6.04 Å². The molecule has 100 valence electrons. The Morgan fingerprint density at radius 3 is 2.53 bits per heavy atom. The molecule has 1 unspecified atom stereocenters. The second kappa shape index (κ2) is 5.70. The predicted octanol–water partition coefficient (Wildman–Crippen LogP) is 5.21. The van der Waals surface area contributed by atoms with Gasteiger partial charge in [-0.2, -0.15) is 0 Å². The topological polar surface area (TPSA) is 12.0 Å². The van der Waals surface area contributed by atoms with Crippen LogP contribution in [0.2, 0.25) is 0 Å². The van der Waals surface area contributed by atoms with E-state index in [1.807, 2.05) is 25.1 Å². The minimum Gasteiger partial charge on any atom is -0.378 e. The molecule has 0 aliphatic rings. The van der Waals surface area contributed by atoms with Crippen LogP contribution in [0.15, 0.2) is 40.9 Å². The number of hydrogen-bond acceptors (Lipinski definition) is 1. The summed E-state index contributed by atoms with van der Waals surface area (Å²) in [6.45, 7) is 3.78. The molecule has 0 bridgehead atoms. The Kier molecular flexibility index (Phi) is 4.20. The van der Waals surface area contributed by atoms with Crippen molar-refractivity contribution in [1.29, 1.82) is 0 Å². The average Bonchev–Trinajstić information content (AvgIpc) is 2.30. The average molecular weight is 326 g/mol. The summed E-state index contributed by atoms with van der Waals surface area (Å²) >= 11 is 3.41. The van der Waals surface area contributed by atoms with Gasteiger partial charge in [0, 0.05) is 15.7 Å². The van der Waals surface area contributed by atoms with Crippen LogP contribution < -0.4 is 5.32 Å². The second-order valence-corrected chi connectivity index (χ2v) is 5.46. The van der Waals surface area contributed by atoms with Gasteiger partial charge < -0.3 is 5.32 Å². The van der Waals surface area contributed by atoms with E-state index in [4.69, 9.17) is 0 Å². The summed E-state index contributed by atoms with van der Waals surface area (Å²) in [5, 5.41) is 3.17. The maximum absolute atomic E-state index is 13.7. The molecular weight excluding hydrogens is 312 g/mol. The van der Waals surface area contributed by atoms with Crippen LogP contribution in [0.5, 0.6) is 0 Å². The molecule has 0 aliphatic carbocycles. The van der Waals surface area contributed by atoms with E-state index < -0.39 is 11.6 Å². The van der Waals surface area contributed by atoms with Crippen molar-refractivity contribution >= 4 is 21.6 Å². The number of nitrogens with one attached hydrogen (secondary N) is 1. The molecule has 0 radical (unpaired) electrons. The van der Waals surface area contributed by atoms with Gasteiger partial charge in [0.2, 0.25) is 0 Å². The molecule has 1 nitrogen and oxygen atoms in total. The normalized spacial score (nSPS) is 12.3. The molecule has 0 saturated heterocycles. The van der Waals surface area contributed by atoms with Gasteiger partial charge in [-0.3, -0.25) is 0 Å². The monoisotopic (exact) mass is 325 g/mol. The number of benzene rings is 2. The standard InChI is InChI=1S/C15H14BrF2N/c1-9-5-11(16)7-13(6-9)19-10(2)14-8-12(17)3-4-15(14)18/h3-8,10,19H,1-2H3. The molecule has 1 atom stereocenters. The minimum absolute atomic E-state index is 0.315. The van der Waals surface area contributed by atoms with E-state index in [9.17, 15) is 8.78 Å². The molecule has 4 heteroatoms. The predicted molar refractivity (Wildman–Crippen MR) is 77.3 cm³/mol. The largest absolute Gasteiger partial charge is 0.378 e. The summed E-state index contributed by atoms with van der Waals surface area (Å²) < 4.78 is 27.8. The van der Waals surface area contributed by atoms with Gasteiger partial charge in [0.1, 0.15) is 11.6 Å². The van der Waals surface area contributed by atoms with Crippen molar-refractivity contribution in [3.8, 4) is 0 Å². The molecule has 0 aromatic heterocycles. The lowest BCUT2D eigenvalue weighted by atomic mass is 10.1. The number of aryl methyl sites for hydroxylation is 1. The van der Waals surface area contributed by atoms with E-state index in [1.165, 1.54) is 6.07 Å². The van der Waals surface area contributed by atoms with Crippen LogP contribution in [0.1, 0.15) is 24.1 Å². The van der Waals surface area contributed by atoms with E-state index in [0.29, 0.717) is 5.56 Å². The fourth-order valence-electron chi connectivity index (χ4n) is 1.99. The number of hydrogen-bond donors (Lipinski definition) is 1. The Balaban J connectivity index is 2.25. The number of anilines is 1. The Labute approximate surface area is 119 Å². The maximum Gasteiger partial charge on any atom is 0.128 e. The lowest BCUT2D eigenvalue weighted by Crippen LogP contribution is -2.09. The van der Waals surface area contributed by atoms with Gasteiger partial charge in [-0.1, -0.05) is 15.9 Å². The van der Waals surface area contributed by atoms with Gasteiger partial charge in [-0.05, 0) is 55.8 Å². The maximum atomic E-state index is 13.7. The highest BCUT2D eigenvalue weighted by Crippen LogP contribution is 2.25. The highest BCUT2D eigenvalue weighted by atomic mass is 79.9. The van der Waals surface area contributed by atoms with Gasteiger partial charge in [-0.15, -0.1) is 0 Å². The van der Waals surface area contributed by atoms with E-state index in [-0.39, 0.29) is 6.04 Å². The summed E-state index contributed by atoms with van der Waals surface area (Å²) in [7, 11) is 0. The molecule has 0 spiro atoms. The van der Waals surface area contributed by atoms with E-state index in [0.717, 1.165) is 27.9 Å². The van der Waals surface area contributed by atoms with Crippen molar-refractivity contribution < 1.29 is 8.78 Å². The molecule has 0 fully saturated rings. The molecule has 19 heavy (non-hydrogen) atoms. The fraction of sp³-hybridized carbons (Fsp3) is 0.200. The third-order valence-corrected chi connectivity index (χ3v) is 3.31. The van der Waals surface area contributed by atoms with Gasteiger partial charge in [-0.25, -0.2) is 8.78 Å². The zero-order chi connectivity index (χ0) is 14.0. The number of rotatable bonds is 3. The lowest BCUT2D eigenvalue weighted by molar-refractivity contribution is 0.577. The van der Waals surface area contributed by atoms with Gasteiger partial charge >= 0.3 is 0 Å². The quantitative estimate of drug-likeness (QED) is 0.816. The summed E-state index contributed by atoms with van der Waals surface area (Å²) in [4.78, 5) is 0. The van der Waals surface area contributed by atoms with Gasteiger partial charge in [0.15, 0.2) is 0 Å². The Bertz CT molecular complexity index is 578. The smallest absolute Gasteiger partial charge is 0.128 e. The first kappa shape index (κ1) is 14.0. The summed E-state index contributed by atoms with van der Waals surface area (Å²) in [6.07, 6.45) is 0. The zero-order valence-corrected chi connectivity index (χ0v) is 12.3. The molecule has 0 amide bonds. The van der Waals surface area contributed by atoms with Crippen LogP contribution in [-0.2, 0) is 0 Å². The van der Waals surface area contributed by atoms with Crippen molar-refractivity contribution in [2.24, 2.45) is 0 Å². The molecule has 0 aliphatic heterocycles. The molecule has 2 rings (SSSR count). The van der Waals surface area contributed by atoms with Crippen molar-refractivity contribution in [3.63, 3.8) is 0 Å². The Morgan fingerprint density at radius 2 is 1.84 bits per heavy atom. The first-order chi connectivity index (χ1) is 8.95. The molecule has 1 N–H and O–H groups in total. The molecular formula is C15H14BrF2N. The fourth-order valence-corrected chi connectivity index (χ4v) is 2.60. The molecule has 0 heterocycles. The SMILES string of the molecule is Cc1cc(Br)cc(NC(C)c2cc(F)ccc2F)c1. The highest BCUT2D eigenvalue weighted by molar-refractivity contribution is 9.10. The van der Waals surface area contributed by atoms with Crippen LogP contribution in [0.3, 0.4) is 0 Å². The van der Waals surface area contributed by atoms with Crippen LogP contribution in [0.25, 0.3) is 0 Å². The lowest BCUT2D eigenvalue weighted by Gasteiger charge is -2.17. The van der Waals surface area contributed by atoms with Crippen LogP contribution in [0.4, 0.5) is 14.5 Å².